The van der Waals surface area contributed by atoms with Gasteiger partial charge in [0.05, 0.1) is 18.4 Å². The van der Waals surface area contributed by atoms with Crippen LogP contribution >= 0.6 is 0 Å². The number of oxime groups is 2. The molecular formula is C22H23F3N2O4. The molecule has 0 aliphatic carbocycles. The molecule has 2 rings (SSSR count). The minimum absolute atomic E-state index is 0.0640. The van der Waals surface area contributed by atoms with Crippen molar-refractivity contribution in [2.24, 2.45) is 10.3 Å². The highest BCUT2D eigenvalue weighted by atomic mass is 19.4. The van der Waals surface area contributed by atoms with Gasteiger partial charge >= 0.3 is 12.1 Å². The first kappa shape index (κ1) is 23.9. The van der Waals surface area contributed by atoms with E-state index in [1.54, 1.807) is 38.1 Å². The number of carbonyl (C=O) groups excluding carboxylic acids is 1. The molecule has 0 radical (unpaired) electrons. The second kappa shape index (κ2) is 10.1. The van der Waals surface area contributed by atoms with Gasteiger partial charge in [-0.25, -0.2) is 4.79 Å². The van der Waals surface area contributed by atoms with Crippen LogP contribution in [0, 0.1) is 13.8 Å². The van der Waals surface area contributed by atoms with E-state index in [0.29, 0.717) is 16.7 Å². The third-order valence-corrected chi connectivity index (χ3v) is 4.51. The van der Waals surface area contributed by atoms with Gasteiger partial charge in [-0.15, -0.1) is 0 Å². The Hall–Kier alpha value is -3.36. The zero-order valence-corrected chi connectivity index (χ0v) is 17.8. The number of halogens is 3. The van der Waals surface area contributed by atoms with Crippen molar-refractivity contribution in [1.82, 2.24) is 0 Å². The highest BCUT2D eigenvalue weighted by Crippen LogP contribution is 2.33. The maximum absolute atomic E-state index is 13.4. The molecule has 166 valence electrons. The van der Waals surface area contributed by atoms with Crippen LogP contribution in [0.1, 0.15) is 40.3 Å². The lowest BCUT2D eigenvalue weighted by Gasteiger charge is -2.14. The van der Waals surface area contributed by atoms with E-state index in [2.05, 4.69) is 10.3 Å². The first-order chi connectivity index (χ1) is 14.6. The SMILES string of the molecule is CO/N=C(/C(=O)OC)c1cccc(C)c1CO/N=C(\C)c1ccc(C)cc1C(F)(F)F. The maximum atomic E-state index is 13.4. The molecule has 6 nitrogen and oxygen atoms in total. The molecule has 31 heavy (non-hydrogen) atoms. The van der Waals surface area contributed by atoms with Gasteiger partial charge in [-0.3, -0.25) is 0 Å². The fourth-order valence-electron chi connectivity index (χ4n) is 2.95. The number of alkyl halides is 3. The largest absolute Gasteiger partial charge is 0.464 e. The Morgan fingerprint density at radius 1 is 1.03 bits per heavy atom. The van der Waals surface area contributed by atoms with Crippen molar-refractivity contribution >= 4 is 17.4 Å². The summed E-state index contributed by atoms with van der Waals surface area (Å²) in [5.41, 5.74) is 1.39. The van der Waals surface area contributed by atoms with Crippen molar-refractivity contribution in [3.63, 3.8) is 0 Å². The van der Waals surface area contributed by atoms with Crippen LogP contribution in [0.15, 0.2) is 46.7 Å². The van der Waals surface area contributed by atoms with Gasteiger partial charge in [0, 0.05) is 16.7 Å². The number of carbonyl (C=O) groups is 1. The predicted molar refractivity (Wildman–Crippen MR) is 110 cm³/mol. The van der Waals surface area contributed by atoms with Gasteiger partial charge in [-0.1, -0.05) is 46.2 Å². The molecule has 0 spiro atoms. The van der Waals surface area contributed by atoms with Crippen LogP contribution < -0.4 is 0 Å². The van der Waals surface area contributed by atoms with Gasteiger partial charge in [-0.2, -0.15) is 13.2 Å². The van der Waals surface area contributed by atoms with Crippen LogP contribution in [0.25, 0.3) is 0 Å². The molecule has 0 amide bonds. The second-order valence-electron chi connectivity index (χ2n) is 6.71. The number of ether oxygens (including phenoxy) is 1. The summed E-state index contributed by atoms with van der Waals surface area (Å²) in [6.07, 6.45) is -4.52. The number of benzene rings is 2. The lowest BCUT2D eigenvalue weighted by atomic mass is 9.99. The highest BCUT2D eigenvalue weighted by Gasteiger charge is 2.34. The lowest BCUT2D eigenvalue weighted by Crippen LogP contribution is -2.20. The fourth-order valence-corrected chi connectivity index (χ4v) is 2.95. The van der Waals surface area contributed by atoms with E-state index in [0.717, 1.165) is 11.6 Å². The summed E-state index contributed by atoms with van der Waals surface area (Å²) in [5.74, 6) is -0.706. The van der Waals surface area contributed by atoms with Crippen molar-refractivity contribution in [3.05, 3.63) is 69.8 Å². The third-order valence-electron chi connectivity index (χ3n) is 4.51. The van der Waals surface area contributed by atoms with Gasteiger partial charge in [0.25, 0.3) is 0 Å². The topological polar surface area (TPSA) is 69.5 Å². The quantitative estimate of drug-likeness (QED) is 0.356. The Labute approximate surface area is 178 Å². The summed E-state index contributed by atoms with van der Waals surface area (Å²) in [6, 6.07) is 9.16. The molecule has 0 saturated heterocycles. The predicted octanol–water partition coefficient (Wildman–Crippen LogP) is 4.79. The van der Waals surface area contributed by atoms with E-state index < -0.39 is 17.7 Å². The van der Waals surface area contributed by atoms with Crippen LogP contribution in [0.5, 0.6) is 0 Å². The molecule has 9 heteroatoms. The minimum Gasteiger partial charge on any atom is -0.464 e. The zero-order valence-electron chi connectivity index (χ0n) is 17.8. The standard InChI is InChI=1S/C22H23F3N2O4/c1-13-9-10-16(19(11-13)22(23,24)25)15(3)26-31-12-18-14(2)7-6-8-17(18)20(27-30-5)21(28)29-4/h6-11H,12H2,1-5H3/b26-15+,27-20+. The fraction of sp³-hybridized carbons (Fsp3) is 0.318. The van der Waals surface area contributed by atoms with Crippen LogP contribution in [0.3, 0.4) is 0 Å². The Balaban J connectivity index is 2.36. The summed E-state index contributed by atoms with van der Waals surface area (Å²) in [6.45, 7) is 4.71. The van der Waals surface area contributed by atoms with Gasteiger partial charge in [-0.05, 0) is 32.4 Å². The number of methoxy groups -OCH3 is 1. The van der Waals surface area contributed by atoms with E-state index in [1.807, 2.05) is 0 Å². The average Bonchev–Trinajstić information content (AvgIpc) is 2.72. The molecule has 2 aromatic rings. The summed E-state index contributed by atoms with van der Waals surface area (Å²) in [4.78, 5) is 22.2. The van der Waals surface area contributed by atoms with E-state index in [1.165, 1.54) is 27.2 Å². The van der Waals surface area contributed by atoms with E-state index in [-0.39, 0.29) is 23.6 Å². The van der Waals surface area contributed by atoms with Crippen LogP contribution in [-0.4, -0.2) is 31.6 Å². The first-order valence-corrected chi connectivity index (χ1v) is 9.23. The van der Waals surface area contributed by atoms with E-state index in [9.17, 15) is 18.0 Å². The Morgan fingerprint density at radius 3 is 2.35 bits per heavy atom. The molecule has 0 fully saturated rings. The monoisotopic (exact) mass is 436 g/mol. The molecule has 0 heterocycles. The smallest absolute Gasteiger partial charge is 0.417 e. The summed E-state index contributed by atoms with van der Waals surface area (Å²) in [7, 11) is 2.51. The number of hydrogen-bond donors (Lipinski definition) is 0. The zero-order chi connectivity index (χ0) is 23.2. The van der Waals surface area contributed by atoms with Gasteiger partial charge in [0.2, 0.25) is 0 Å². The Bertz CT molecular complexity index is 1010. The molecule has 0 aromatic heterocycles. The van der Waals surface area contributed by atoms with Crippen molar-refractivity contribution in [2.75, 3.05) is 14.2 Å². The van der Waals surface area contributed by atoms with Crippen molar-refractivity contribution in [2.45, 2.75) is 33.6 Å². The molecule has 0 N–H and O–H groups in total. The number of hydrogen-bond acceptors (Lipinski definition) is 6. The second-order valence-corrected chi connectivity index (χ2v) is 6.71. The molecule has 2 aromatic carbocycles. The Kier molecular flexibility index (Phi) is 7.79. The van der Waals surface area contributed by atoms with Gasteiger partial charge in [0.1, 0.15) is 13.7 Å². The number of esters is 1. The highest BCUT2D eigenvalue weighted by molar-refractivity contribution is 6.43. The van der Waals surface area contributed by atoms with Crippen LogP contribution in [0.4, 0.5) is 13.2 Å². The molecule has 0 unspecified atom stereocenters. The van der Waals surface area contributed by atoms with Crippen molar-refractivity contribution < 1.29 is 32.4 Å². The molecule has 0 atom stereocenters. The normalized spacial score (nSPS) is 12.5. The number of aryl methyl sites for hydroxylation is 2. The van der Waals surface area contributed by atoms with Gasteiger partial charge < -0.3 is 14.4 Å². The van der Waals surface area contributed by atoms with E-state index >= 15 is 0 Å². The minimum atomic E-state index is -4.52. The third kappa shape index (κ3) is 5.84. The summed E-state index contributed by atoms with van der Waals surface area (Å²) < 4.78 is 44.9. The number of nitrogens with zero attached hydrogens (tertiary/aromatic N) is 2. The Morgan fingerprint density at radius 2 is 1.74 bits per heavy atom. The van der Waals surface area contributed by atoms with Crippen LogP contribution in [-0.2, 0) is 32.0 Å². The molecule has 0 aliphatic heterocycles. The van der Waals surface area contributed by atoms with Crippen molar-refractivity contribution in [1.29, 1.82) is 0 Å². The van der Waals surface area contributed by atoms with Crippen molar-refractivity contribution in [3.8, 4) is 0 Å². The molecular weight excluding hydrogens is 413 g/mol. The molecule has 0 aliphatic rings. The van der Waals surface area contributed by atoms with Crippen LogP contribution in [0.2, 0.25) is 0 Å². The molecule has 0 bridgehead atoms. The van der Waals surface area contributed by atoms with Gasteiger partial charge in [0.15, 0.2) is 5.71 Å². The number of rotatable bonds is 7. The summed E-state index contributed by atoms with van der Waals surface area (Å²) in [5, 5.41) is 7.61. The summed E-state index contributed by atoms with van der Waals surface area (Å²) >= 11 is 0. The lowest BCUT2D eigenvalue weighted by molar-refractivity contribution is -0.137. The van der Waals surface area contributed by atoms with E-state index in [4.69, 9.17) is 14.4 Å². The molecule has 0 saturated carbocycles. The average molecular weight is 436 g/mol. The maximum Gasteiger partial charge on any atom is 0.417 e. The first-order valence-electron chi connectivity index (χ1n) is 9.23.